The van der Waals surface area contributed by atoms with E-state index < -0.39 is 21.2 Å². The number of nitrogens with zero attached hydrogens (tertiary/aromatic N) is 1. The van der Waals surface area contributed by atoms with Gasteiger partial charge in [0.1, 0.15) is 0 Å². The van der Waals surface area contributed by atoms with Crippen molar-refractivity contribution in [2.24, 2.45) is 0 Å². The second-order valence-electron chi connectivity index (χ2n) is 3.67. The highest BCUT2D eigenvalue weighted by atomic mass is 32.2. The van der Waals surface area contributed by atoms with Crippen molar-refractivity contribution in [3.05, 3.63) is 30.1 Å². The number of aliphatic hydroxyl groups excluding tert-OH is 1. The van der Waals surface area contributed by atoms with Gasteiger partial charge in [-0.1, -0.05) is 6.07 Å². The molecule has 1 aromatic heterocycles. The third kappa shape index (κ3) is 3.60. The van der Waals surface area contributed by atoms with Crippen LogP contribution in [0.3, 0.4) is 0 Å². The minimum atomic E-state index is -3.19. The summed E-state index contributed by atoms with van der Waals surface area (Å²) in [4.78, 5) is 3.90. The van der Waals surface area contributed by atoms with Gasteiger partial charge in [0.25, 0.3) is 0 Å². The summed E-state index contributed by atoms with van der Waals surface area (Å²) in [6, 6.07) is 3.57. The number of pyridine rings is 1. The molecule has 1 heterocycles. The Balaban J connectivity index is 2.68. The molecule has 1 aromatic rings. The van der Waals surface area contributed by atoms with Crippen LogP contribution < -0.4 is 0 Å². The molecule has 0 fully saturated rings. The topological polar surface area (TPSA) is 67.3 Å². The fourth-order valence-electron chi connectivity index (χ4n) is 1.21. The van der Waals surface area contributed by atoms with Crippen LogP contribution in [0.5, 0.6) is 0 Å². The molecule has 0 aliphatic heterocycles. The van der Waals surface area contributed by atoms with Crippen molar-refractivity contribution < 1.29 is 13.5 Å². The molecule has 84 valence electrons. The monoisotopic (exact) mass is 229 g/mol. The SMILES string of the molecule is CC(C(O)Cc1cccnc1)S(C)(=O)=O. The highest BCUT2D eigenvalue weighted by molar-refractivity contribution is 7.91. The predicted molar refractivity (Wildman–Crippen MR) is 58.3 cm³/mol. The summed E-state index contributed by atoms with van der Waals surface area (Å²) >= 11 is 0. The van der Waals surface area contributed by atoms with Gasteiger partial charge in [-0.25, -0.2) is 8.42 Å². The maximum absolute atomic E-state index is 11.2. The molecule has 0 aliphatic carbocycles. The fourth-order valence-corrected chi connectivity index (χ4v) is 1.88. The molecule has 2 unspecified atom stereocenters. The molecular formula is C10H15NO3S. The van der Waals surface area contributed by atoms with Gasteiger partial charge in [0, 0.05) is 25.1 Å². The number of rotatable bonds is 4. The highest BCUT2D eigenvalue weighted by Gasteiger charge is 2.23. The van der Waals surface area contributed by atoms with Crippen molar-refractivity contribution in [2.45, 2.75) is 24.7 Å². The Hall–Kier alpha value is -0.940. The molecule has 0 saturated heterocycles. The van der Waals surface area contributed by atoms with Crippen molar-refractivity contribution in [1.29, 1.82) is 0 Å². The average molecular weight is 229 g/mol. The third-order valence-electron chi connectivity index (χ3n) is 2.38. The largest absolute Gasteiger partial charge is 0.391 e. The van der Waals surface area contributed by atoms with E-state index in [0.717, 1.165) is 11.8 Å². The molecule has 0 radical (unpaired) electrons. The standard InChI is InChI=1S/C10H15NO3S/c1-8(15(2,13)14)10(12)6-9-4-3-5-11-7-9/h3-5,7-8,10,12H,6H2,1-2H3. The lowest BCUT2D eigenvalue weighted by Crippen LogP contribution is -2.32. The molecule has 5 heteroatoms. The Morgan fingerprint density at radius 1 is 1.53 bits per heavy atom. The summed E-state index contributed by atoms with van der Waals surface area (Å²) in [5, 5.41) is 8.95. The zero-order chi connectivity index (χ0) is 11.5. The molecule has 0 saturated carbocycles. The third-order valence-corrected chi connectivity index (χ3v) is 4.05. The average Bonchev–Trinajstić information content (AvgIpc) is 2.16. The van der Waals surface area contributed by atoms with E-state index in [1.54, 1.807) is 18.5 Å². The number of hydrogen-bond donors (Lipinski definition) is 1. The zero-order valence-electron chi connectivity index (χ0n) is 8.79. The van der Waals surface area contributed by atoms with Crippen LogP contribution in [0.15, 0.2) is 24.5 Å². The smallest absolute Gasteiger partial charge is 0.152 e. The van der Waals surface area contributed by atoms with Crippen LogP contribution in [0.1, 0.15) is 12.5 Å². The van der Waals surface area contributed by atoms with Gasteiger partial charge in [-0.2, -0.15) is 0 Å². The predicted octanol–water partition coefficient (Wildman–Crippen LogP) is 0.418. The molecule has 2 atom stereocenters. The van der Waals surface area contributed by atoms with Crippen molar-refractivity contribution in [2.75, 3.05) is 6.26 Å². The maximum atomic E-state index is 11.2. The molecule has 0 aromatic carbocycles. The highest BCUT2D eigenvalue weighted by Crippen LogP contribution is 2.10. The number of sulfone groups is 1. The Morgan fingerprint density at radius 3 is 2.67 bits per heavy atom. The van der Waals surface area contributed by atoms with Crippen LogP contribution >= 0.6 is 0 Å². The van der Waals surface area contributed by atoms with Gasteiger partial charge in [0.05, 0.1) is 11.4 Å². The first-order chi connectivity index (χ1) is 6.91. The van der Waals surface area contributed by atoms with E-state index in [-0.39, 0.29) is 0 Å². The summed E-state index contributed by atoms with van der Waals surface area (Å²) < 4.78 is 22.4. The Labute approximate surface area is 89.9 Å². The molecule has 15 heavy (non-hydrogen) atoms. The molecular weight excluding hydrogens is 214 g/mol. The van der Waals surface area contributed by atoms with Crippen LogP contribution in [-0.2, 0) is 16.3 Å². The van der Waals surface area contributed by atoms with E-state index >= 15 is 0 Å². The Bertz CT molecular complexity index is 402. The molecule has 1 N–H and O–H groups in total. The number of aliphatic hydroxyl groups is 1. The van der Waals surface area contributed by atoms with Crippen LogP contribution in [0.2, 0.25) is 0 Å². The van der Waals surface area contributed by atoms with E-state index in [0.29, 0.717) is 6.42 Å². The minimum Gasteiger partial charge on any atom is -0.391 e. The molecule has 4 nitrogen and oxygen atoms in total. The van der Waals surface area contributed by atoms with Gasteiger partial charge in [-0.05, 0) is 18.6 Å². The van der Waals surface area contributed by atoms with Gasteiger partial charge in [0.2, 0.25) is 0 Å². The van der Waals surface area contributed by atoms with Crippen LogP contribution in [0.25, 0.3) is 0 Å². The fraction of sp³-hybridized carbons (Fsp3) is 0.500. The minimum absolute atomic E-state index is 0.308. The lowest BCUT2D eigenvalue weighted by molar-refractivity contribution is 0.173. The zero-order valence-corrected chi connectivity index (χ0v) is 9.61. The summed E-state index contributed by atoms with van der Waals surface area (Å²) in [6.45, 7) is 1.51. The second kappa shape index (κ2) is 4.72. The first kappa shape index (κ1) is 12.1. The summed E-state index contributed by atoms with van der Waals surface area (Å²) in [6.07, 6.45) is 3.81. The van der Waals surface area contributed by atoms with Gasteiger partial charge in [-0.15, -0.1) is 0 Å². The maximum Gasteiger partial charge on any atom is 0.152 e. The molecule has 0 amide bonds. The lowest BCUT2D eigenvalue weighted by Gasteiger charge is -2.16. The van der Waals surface area contributed by atoms with E-state index in [1.165, 1.54) is 6.92 Å². The summed E-state index contributed by atoms with van der Waals surface area (Å²) in [5.74, 6) is 0. The van der Waals surface area contributed by atoms with Gasteiger partial charge in [0.15, 0.2) is 9.84 Å². The number of hydrogen-bond acceptors (Lipinski definition) is 4. The lowest BCUT2D eigenvalue weighted by atomic mass is 10.1. The van der Waals surface area contributed by atoms with E-state index in [9.17, 15) is 13.5 Å². The Kier molecular flexibility index (Phi) is 3.82. The number of aromatic nitrogens is 1. The van der Waals surface area contributed by atoms with E-state index in [4.69, 9.17) is 0 Å². The van der Waals surface area contributed by atoms with Crippen molar-refractivity contribution in [3.63, 3.8) is 0 Å². The van der Waals surface area contributed by atoms with Crippen molar-refractivity contribution in [3.8, 4) is 0 Å². The molecule has 1 rings (SSSR count). The summed E-state index contributed by atoms with van der Waals surface area (Å²) in [5.41, 5.74) is 0.834. The van der Waals surface area contributed by atoms with Gasteiger partial charge in [-0.3, -0.25) is 4.98 Å². The molecule has 0 spiro atoms. The Morgan fingerprint density at radius 2 is 2.20 bits per heavy atom. The molecule has 0 aliphatic rings. The van der Waals surface area contributed by atoms with E-state index in [1.807, 2.05) is 6.07 Å². The quantitative estimate of drug-likeness (QED) is 0.812. The first-order valence-electron chi connectivity index (χ1n) is 4.67. The van der Waals surface area contributed by atoms with Crippen LogP contribution in [0, 0.1) is 0 Å². The second-order valence-corrected chi connectivity index (χ2v) is 6.07. The first-order valence-corrected chi connectivity index (χ1v) is 6.62. The van der Waals surface area contributed by atoms with Gasteiger partial charge < -0.3 is 5.11 Å². The van der Waals surface area contributed by atoms with Gasteiger partial charge >= 0.3 is 0 Å². The van der Waals surface area contributed by atoms with Crippen molar-refractivity contribution in [1.82, 2.24) is 4.98 Å². The van der Waals surface area contributed by atoms with E-state index in [2.05, 4.69) is 4.98 Å². The van der Waals surface area contributed by atoms with Crippen LogP contribution in [-0.4, -0.2) is 36.1 Å². The summed E-state index contributed by atoms with van der Waals surface area (Å²) in [7, 11) is -3.19. The van der Waals surface area contributed by atoms with Crippen molar-refractivity contribution >= 4 is 9.84 Å². The normalized spacial score (nSPS) is 15.9. The molecule has 0 bridgehead atoms. The van der Waals surface area contributed by atoms with Crippen LogP contribution in [0.4, 0.5) is 0 Å².